The van der Waals surface area contributed by atoms with Crippen molar-refractivity contribution >= 4 is 34.2 Å². The number of aryl methyl sites for hydroxylation is 1. The van der Waals surface area contributed by atoms with E-state index in [9.17, 15) is 4.79 Å². The van der Waals surface area contributed by atoms with Crippen LogP contribution in [0.15, 0.2) is 53.1 Å². The molecule has 1 amide bonds. The van der Waals surface area contributed by atoms with Crippen LogP contribution in [0.2, 0.25) is 0 Å². The van der Waals surface area contributed by atoms with Gasteiger partial charge in [-0.05, 0) is 46.9 Å². The number of carbonyl (C=O) groups excluding carboxylic acids is 1. The summed E-state index contributed by atoms with van der Waals surface area (Å²) in [6.45, 7) is 0. The number of nitrogens with zero attached hydrogens (tertiary/aromatic N) is 2. The maximum atomic E-state index is 12.1. The van der Waals surface area contributed by atoms with Crippen LogP contribution in [-0.4, -0.2) is 23.2 Å². The van der Waals surface area contributed by atoms with Crippen molar-refractivity contribution in [1.29, 1.82) is 0 Å². The van der Waals surface area contributed by atoms with Crippen LogP contribution in [0.3, 0.4) is 0 Å². The second kappa shape index (κ2) is 8.11. The summed E-state index contributed by atoms with van der Waals surface area (Å²) in [7, 11) is 1.59. The van der Waals surface area contributed by atoms with Crippen LogP contribution in [0.4, 0.5) is 5.69 Å². The van der Waals surface area contributed by atoms with Gasteiger partial charge in [0.25, 0.3) is 0 Å². The Labute approximate surface area is 158 Å². The molecule has 3 aromatic rings. The highest BCUT2D eigenvalue weighted by Gasteiger charge is 2.11. The molecule has 0 spiro atoms. The van der Waals surface area contributed by atoms with Gasteiger partial charge in [0.2, 0.25) is 17.6 Å². The maximum Gasteiger partial charge on any atom is 0.227 e. The molecule has 1 N–H and O–H groups in total. The SMILES string of the molecule is COc1cccc(NC(=O)CCc2nc(-c3ccc(I)cc3)no2)c1. The summed E-state index contributed by atoms with van der Waals surface area (Å²) in [4.78, 5) is 16.4. The molecular formula is C18H16IN3O3. The van der Waals surface area contributed by atoms with Gasteiger partial charge in [-0.3, -0.25) is 4.79 Å². The Morgan fingerprint density at radius 3 is 2.80 bits per heavy atom. The monoisotopic (exact) mass is 449 g/mol. The number of rotatable bonds is 6. The first-order valence-electron chi connectivity index (χ1n) is 7.66. The second-order valence-corrected chi connectivity index (χ2v) is 6.54. The maximum absolute atomic E-state index is 12.1. The van der Waals surface area contributed by atoms with Crippen LogP contribution >= 0.6 is 22.6 Å². The van der Waals surface area contributed by atoms with E-state index in [1.165, 1.54) is 0 Å². The molecule has 1 heterocycles. The second-order valence-electron chi connectivity index (χ2n) is 5.30. The first-order chi connectivity index (χ1) is 12.1. The van der Waals surface area contributed by atoms with Crippen molar-refractivity contribution < 1.29 is 14.1 Å². The number of halogens is 1. The van der Waals surface area contributed by atoms with E-state index in [4.69, 9.17) is 9.26 Å². The number of nitrogens with one attached hydrogen (secondary N) is 1. The van der Waals surface area contributed by atoms with Gasteiger partial charge in [-0.15, -0.1) is 0 Å². The van der Waals surface area contributed by atoms with Crippen molar-refractivity contribution in [3.8, 4) is 17.1 Å². The van der Waals surface area contributed by atoms with E-state index in [0.717, 1.165) is 9.13 Å². The number of carbonyl (C=O) groups is 1. The Morgan fingerprint density at radius 1 is 1.24 bits per heavy atom. The highest BCUT2D eigenvalue weighted by Crippen LogP contribution is 2.19. The molecule has 3 rings (SSSR count). The number of hydrogen-bond acceptors (Lipinski definition) is 5. The molecular weight excluding hydrogens is 433 g/mol. The van der Waals surface area contributed by atoms with Crippen LogP contribution in [0.25, 0.3) is 11.4 Å². The van der Waals surface area contributed by atoms with E-state index in [1.54, 1.807) is 13.2 Å². The highest BCUT2D eigenvalue weighted by atomic mass is 127. The largest absolute Gasteiger partial charge is 0.497 e. The first kappa shape index (κ1) is 17.4. The molecule has 0 saturated carbocycles. The summed E-state index contributed by atoms with van der Waals surface area (Å²) in [5.41, 5.74) is 1.57. The number of benzene rings is 2. The quantitative estimate of drug-likeness (QED) is 0.578. The molecule has 0 unspecified atom stereocenters. The number of aromatic nitrogens is 2. The molecule has 25 heavy (non-hydrogen) atoms. The van der Waals surface area contributed by atoms with Gasteiger partial charge in [-0.1, -0.05) is 23.4 Å². The van der Waals surface area contributed by atoms with E-state index in [0.29, 0.717) is 29.6 Å². The zero-order valence-corrected chi connectivity index (χ0v) is 15.7. The molecule has 7 heteroatoms. The van der Waals surface area contributed by atoms with Gasteiger partial charge in [0.1, 0.15) is 5.75 Å². The molecule has 0 fully saturated rings. The van der Waals surface area contributed by atoms with Crippen molar-refractivity contribution in [2.45, 2.75) is 12.8 Å². The van der Waals surface area contributed by atoms with Crippen LogP contribution < -0.4 is 10.1 Å². The molecule has 128 valence electrons. The smallest absolute Gasteiger partial charge is 0.227 e. The first-order valence-corrected chi connectivity index (χ1v) is 8.74. The van der Waals surface area contributed by atoms with Crippen LogP contribution in [0, 0.1) is 3.57 Å². The van der Waals surface area contributed by atoms with Gasteiger partial charge in [-0.2, -0.15) is 4.98 Å². The van der Waals surface area contributed by atoms with Crippen molar-refractivity contribution in [1.82, 2.24) is 10.1 Å². The lowest BCUT2D eigenvalue weighted by Gasteiger charge is -2.06. The van der Waals surface area contributed by atoms with Gasteiger partial charge in [-0.25, -0.2) is 0 Å². The minimum absolute atomic E-state index is 0.123. The Balaban J connectivity index is 1.56. The van der Waals surface area contributed by atoms with Crippen LogP contribution in [0.1, 0.15) is 12.3 Å². The summed E-state index contributed by atoms with van der Waals surface area (Å²) in [5.74, 6) is 1.54. The van der Waals surface area contributed by atoms with Gasteiger partial charge in [0, 0.05) is 33.7 Å². The topological polar surface area (TPSA) is 77.2 Å². The third-order valence-corrected chi connectivity index (χ3v) is 4.21. The predicted molar refractivity (Wildman–Crippen MR) is 102 cm³/mol. The molecule has 0 aliphatic carbocycles. The molecule has 1 aromatic heterocycles. The zero-order valence-electron chi connectivity index (χ0n) is 13.5. The summed E-state index contributed by atoms with van der Waals surface area (Å²) in [6, 6.07) is 15.0. The number of hydrogen-bond donors (Lipinski definition) is 1. The summed E-state index contributed by atoms with van der Waals surface area (Å²) in [5, 5.41) is 6.79. The summed E-state index contributed by atoms with van der Waals surface area (Å²) < 4.78 is 11.5. The Bertz CT molecular complexity index is 862. The Kier molecular flexibility index (Phi) is 5.64. The molecule has 6 nitrogen and oxygen atoms in total. The number of ether oxygens (including phenoxy) is 1. The van der Waals surface area contributed by atoms with E-state index in [2.05, 4.69) is 38.0 Å². The van der Waals surface area contributed by atoms with Crippen molar-refractivity contribution in [3.63, 3.8) is 0 Å². The van der Waals surface area contributed by atoms with Crippen molar-refractivity contribution in [3.05, 3.63) is 58.0 Å². The molecule has 0 bridgehead atoms. The zero-order chi connectivity index (χ0) is 17.6. The lowest BCUT2D eigenvalue weighted by molar-refractivity contribution is -0.116. The fraction of sp³-hybridized carbons (Fsp3) is 0.167. The number of amides is 1. The minimum Gasteiger partial charge on any atom is -0.497 e. The number of methoxy groups -OCH3 is 1. The normalized spacial score (nSPS) is 10.5. The molecule has 0 saturated heterocycles. The van der Waals surface area contributed by atoms with E-state index < -0.39 is 0 Å². The number of anilines is 1. The molecule has 0 radical (unpaired) electrons. The average Bonchev–Trinajstić information content (AvgIpc) is 3.10. The Morgan fingerprint density at radius 2 is 2.04 bits per heavy atom. The minimum atomic E-state index is -0.123. The van der Waals surface area contributed by atoms with Crippen molar-refractivity contribution in [2.75, 3.05) is 12.4 Å². The summed E-state index contributed by atoms with van der Waals surface area (Å²) >= 11 is 2.24. The van der Waals surface area contributed by atoms with E-state index >= 15 is 0 Å². The highest BCUT2D eigenvalue weighted by molar-refractivity contribution is 14.1. The Hall–Kier alpha value is -2.42. The molecule has 0 aliphatic heterocycles. The lowest BCUT2D eigenvalue weighted by atomic mass is 10.2. The van der Waals surface area contributed by atoms with Crippen molar-refractivity contribution in [2.24, 2.45) is 0 Å². The standard InChI is InChI=1S/C18H16IN3O3/c1-24-15-4-2-3-14(11-15)20-16(23)9-10-17-21-18(22-25-17)12-5-7-13(19)8-6-12/h2-8,11H,9-10H2,1H3,(H,20,23). The molecule has 0 atom stereocenters. The van der Waals surface area contributed by atoms with E-state index in [-0.39, 0.29) is 12.3 Å². The van der Waals surface area contributed by atoms with Crippen LogP contribution in [-0.2, 0) is 11.2 Å². The molecule has 0 aliphatic rings. The average molecular weight is 449 g/mol. The fourth-order valence-corrected chi connectivity index (χ4v) is 2.58. The third-order valence-electron chi connectivity index (χ3n) is 3.49. The predicted octanol–water partition coefficient (Wildman–Crippen LogP) is 3.92. The van der Waals surface area contributed by atoms with Gasteiger partial charge in [0.15, 0.2) is 0 Å². The lowest BCUT2D eigenvalue weighted by Crippen LogP contribution is -2.12. The molecule has 2 aromatic carbocycles. The van der Waals surface area contributed by atoms with E-state index in [1.807, 2.05) is 42.5 Å². The fourth-order valence-electron chi connectivity index (χ4n) is 2.22. The summed E-state index contributed by atoms with van der Waals surface area (Å²) in [6.07, 6.45) is 0.638. The van der Waals surface area contributed by atoms with Gasteiger partial charge in [0.05, 0.1) is 7.11 Å². The van der Waals surface area contributed by atoms with Gasteiger partial charge >= 0.3 is 0 Å². The third kappa shape index (κ3) is 4.79. The van der Waals surface area contributed by atoms with Crippen LogP contribution in [0.5, 0.6) is 5.75 Å². The van der Waals surface area contributed by atoms with Gasteiger partial charge < -0.3 is 14.6 Å².